The molecule has 1 saturated heterocycles. The lowest BCUT2D eigenvalue weighted by Crippen LogP contribution is -2.44. The van der Waals surface area contributed by atoms with Gasteiger partial charge in [0, 0.05) is 12.6 Å². The van der Waals surface area contributed by atoms with Gasteiger partial charge in [0.25, 0.3) is 0 Å². The lowest BCUT2D eigenvalue weighted by Gasteiger charge is -2.35. The molecule has 1 fully saturated rings. The lowest BCUT2D eigenvalue weighted by atomic mass is 9.91. The van der Waals surface area contributed by atoms with Crippen LogP contribution in [0.4, 0.5) is 4.39 Å². The molecule has 2 nitrogen and oxygen atoms in total. The predicted octanol–water partition coefficient (Wildman–Crippen LogP) is 3.39. The van der Waals surface area contributed by atoms with Gasteiger partial charge in [0.1, 0.15) is 5.82 Å². The molecule has 2 atom stereocenters. The lowest BCUT2D eigenvalue weighted by molar-refractivity contribution is 0.157. The van der Waals surface area contributed by atoms with Crippen molar-refractivity contribution in [2.45, 2.75) is 46.1 Å². The highest BCUT2D eigenvalue weighted by Crippen LogP contribution is 2.19. The van der Waals surface area contributed by atoms with Crippen molar-refractivity contribution in [1.82, 2.24) is 10.2 Å². The van der Waals surface area contributed by atoms with E-state index in [1.807, 2.05) is 13.0 Å². The number of nitrogens with zero attached hydrogens (tertiary/aromatic N) is 1. The second kappa shape index (κ2) is 7.90. The molecule has 1 heterocycles. The monoisotopic (exact) mass is 292 g/mol. The van der Waals surface area contributed by atoms with Gasteiger partial charge in [0.2, 0.25) is 0 Å². The molecule has 1 aliphatic heterocycles. The molecule has 118 valence electrons. The van der Waals surface area contributed by atoms with Crippen molar-refractivity contribution < 1.29 is 4.39 Å². The summed E-state index contributed by atoms with van der Waals surface area (Å²) in [5, 5.41) is 3.67. The third-order valence-electron chi connectivity index (χ3n) is 4.86. The Balaban J connectivity index is 1.77. The second-order valence-corrected chi connectivity index (χ2v) is 6.36. The van der Waals surface area contributed by atoms with E-state index in [9.17, 15) is 4.39 Å². The average Bonchev–Trinajstić information content (AvgIpc) is 2.49. The Morgan fingerprint density at radius 3 is 2.95 bits per heavy atom. The van der Waals surface area contributed by atoms with Crippen molar-refractivity contribution in [3.8, 4) is 0 Å². The number of piperidine rings is 1. The molecule has 1 aromatic carbocycles. The number of likely N-dealkylation sites (tertiary alicyclic amines) is 1. The molecular weight excluding hydrogens is 263 g/mol. The summed E-state index contributed by atoms with van der Waals surface area (Å²) < 4.78 is 13.1. The Bertz CT molecular complexity index is 447. The van der Waals surface area contributed by atoms with E-state index in [2.05, 4.69) is 24.1 Å². The molecule has 3 heteroatoms. The zero-order valence-corrected chi connectivity index (χ0v) is 13.7. The minimum absolute atomic E-state index is 0.139. The maximum Gasteiger partial charge on any atom is 0.123 e. The highest BCUT2D eigenvalue weighted by Gasteiger charge is 2.23. The van der Waals surface area contributed by atoms with Crippen molar-refractivity contribution in [3.05, 3.63) is 35.1 Å². The van der Waals surface area contributed by atoms with Gasteiger partial charge in [-0.2, -0.15) is 0 Å². The van der Waals surface area contributed by atoms with Gasteiger partial charge in [0.05, 0.1) is 0 Å². The number of hydrogen-bond donors (Lipinski definition) is 1. The normalized spacial score (nSPS) is 21.4. The smallest absolute Gasteiger partial charge is 0.123 e. The zero-order valence-electron chi connectivity index (χ0n) is 13.7. The fourth-order valence-electron chi connectivity index (χ4n) is 3.33. The largest absolute Gasteiger partial charge is 0.314 e. The van der Waals surface area contributed by atoms with Crippen LogP contribution in [-0.4, -0.2) is 37.1 Å². The van der Waals surface area contributed by atoms with E-state index in [1.54, 1.807) is 12.1 Å². The molecule has 2 rings (SSSR count). The van der Waals surface area contributed by atoms with E-state index in [1.165, 1.54) is 31.5 Å². The Hall–Kier alpha value is -0.930. The highest BCUT2D eigenvalue weighted by atomic mass is 19.1. The van der Waals surface area contributed by atoms with E-state index in [0.717, 1.165) is 31.0 Å². The van der Waals surface area contributed by atoms with Crippen LogP contribution in [0.5, 0.6) is 0 Å². The molecule has 0 radical (unpaired) electrons. The fourth-order valence-corrected chi connectivity index (χ4v) is 3.33. The van der Waals surface area contributed by atoms with Crippen molar-refractivity contribution in [2.24, 2.45) is 5.92 Å². The van der Waals surface area contributed by atoms with Gasteiger partial charge in [-0.1, -0.05) is 13.0 Å². The minimum atomic E-state index is -0.139. The van der Waals surface area contributed by atoms with Gasteiger partial charge >= 0.3 is 0 Å². The van der Waals surface area contributed by atoms with E-state index in [4.69, 9.17) is 0 Å². The van der Waals surface area contributed by atoms with Crippen LogP contribution in [0.25, 0.3) is 0 Å². The molecule has 1 aliphatic rings. The molecule has 0 aromatic heterocycles. The number of rotatable bonds is 6. The van der Waals surface area contributed by atoms with Crippen LogP contribution in [0.3, 0.4) is 0 Å². The van der Waals surface area contributed by atoms with Gasteiger partial charge in [0.15, 0.2) is 0 Å². The number of benzene rings is 1. The SMILES string of the molecule is CCN1CCCC(C(C)NCCc2ccc(F)cc2C)C1. The first kappa shape index (κ1) is 16.4. The molecule has 0 bridgehead atoms. The second-order valence-electron chi connectivity index (χ2n) is 6.36. The van der Waals surface area contributed by atoms with Crippen LogP contribution in [0.15, 0.2) is 18.2 Å². The van der Waals surface area contributed by atoms with Gasteiger partial charge in [-0.25, -0.2) is 4.39 Å². The number of nitrogens with one attached hydrogen (secondary N) is 1. The van der Waals surface area contributed by atoms with Gasteiger partial charge in [-0.15, -0.1) is 0 Å². The predicted molar refractivity (Wildman–Crippen MR) is 87.1 cm³/mol. The quantitative estimate of drug-likeness (QED) is 0.864. The highest BCUT2D eigenvalue weighted by molar-refractivity contribution is 5.26. The number of aryl methyl sites for hydroxylation is 1. The van der Waals surface area contributed by atoms with Gasteiger partial charge in [-0.3, -0.25) is 0 Å². The fraction of sp³-hybridized carbons (Fsp3) is 0.667. The van der Waals surface area contributed by atoms with E-state index in [-0.39, 0.29) is 5.82 Å². The number of hydrogen-bond acceptors (Lipinski definition) is 2. The van der Waals surface area contributed by atoms with Crippen LogP contribution < -0.4 is 5.32 Å². The summed E-state index contributed by atoms with van der Waals surface area (Å²) in [6.07, 6.45) is 3.63. The van der Waals surface area contributed by atoms with Crippen molar-refractivity contribution in [3.63, 3.8) is 0 Å². The Morgan fingerprint density at radius 1 is 1.43 bits per heavy atom. The Kier molecular flexibility index (Phi) is 6.19. The van der Waals surface area contributed by atoms with Gasteiger partial charge in [-0.05, 0) is 81.9 Å². The number of halogens is 1. The molecule has 0 saturated carbocycles. The average molecular weight is 292 g/mol. The van der Waals surface area contributed by atoms with Crippen molar-refractivity contribution in [1.29, 1.82) is 0 Å². The Morgan fingerprint density at radius 2 is 2.24 bits per heavy atom. The molecule has 0 amide bonds. The molecule has 1 N–H and O–H groups in total. The third-order valence-corrected chi connectivity index (χ3v) is 4.86. The topological polar surface area (TPSA) is 15.3 Å². The minimum Gasteiger partial charge on any atom is -0.314 e. The van der Waals surface area contributed by atoms with Crippen molar-refractivity contribution >= 4 is 0 Å². The van der Waals surface area contributed by atoms with Crippen LogP contribution >= 0.6 is 0 Å². The van der Waals surface area contributed by atoms with Gasteiger partial charge < -0.3 is 10.2 Å². The molecule has 1 aromatic rings. The molecule has 21 heavy (non-hydrogen) atoms. The molecule has 0 spiro atoms. The summed E-state index contributed by atoms with van der Waals surface area (Å²) in [6.45, 7) is 11.2. The maximum absolute atomic E-state index is 13.1. The van der Waals surface area contributed by atoms with E-state index < -0.39 is 0 Å². The molecule has 0 aliphatic carbocycles. The molecule has 2 unspecified atom stereocenters. The van der Waals surface area contributed by atoms with Crippen LogP contribution in [0, 0.1) is 18.7 Å². The maximum atomic E-state index is 13.1. The summed E-state index contributed by atoms with van der Waals surface area (Å²) in [5.74, 6) is 0.618. The first-order valence-corrected chi connectivity index (χ1v) is 8.31. The van der Waals surface area contributed by atoms with Crippen molar-refractivity contribution in [2.75, 3.05) is 26.2 Å². The zero-order chi connectivity index (χ0) is 15.2. The summed E-state index contributed by atoms with van der Waals surface area (Å²) in [6, 6.07) is 5.65. The van der Waals surface area contributed by atoms with E-state index >= 15 is 0 Å². The standard InChI is InChI=1S/C18H29FN2/c1-4-21-11-5-6-17(13-21)15(3)20-10-9-16-7-8-18(19)12-14(16)2/h7-8,12,15,17,20H,4-6,9-11,13H2,1-3H3. The summed E-state index contributed by atoms with van der Waals surface area (Å²) >= 11 is 0. The van der Waals surface area contributed by atoms with E-state index in [0.29, 0.717) is 6.04 Å². The summed E-state index contributed by atoms with van der Waals surface area (Å²) in [4.78, 5) is 2.55. The third kappa shape index (κ3) is 4.79. The van der Waals surface area contributed by atoms with Crippen LogP contribution in [0.2, 0.25) is 0 Å². The van der Waals surface area contributed by atoms with Crippen LogP contribution in [0.1, 0.15) is 37.8 Å². The van der Waals surface area contributed by atoms with Crippen LogP contribution in [-0.2, 0) is 6.42 Å². The summed E-state index contributed by atoms with van der Waals surface area (Å²) in [5.41, 5.74) is 2.30. The molecular formula is C18H29FN2. The summed E-state index contributed by atoms with van der Waals surface area (Å²) in [7, 11) is 0. The first-order chi connectivity index (χ1) is 10.1. The Labute approximate surface area is 128 Å². The first-order valence-electron chi connectivity index (χ1n) is 8.31.